The first-order valence-electron chi connectivity index (χ1n) is 5.64. The van der Waals surface area contributed by atoms with E-state index in [2.05, 4.69) is 26.3 Å². The van der Waals surface area contributed by atoms with Crippen LogP contribution in [0.1, 0.15) is 19.3 Å². The van der Waals surface area contributed by atoms with E-state index < -0.39 is 0 Å². The van der Waals surface area contributed by atoms with E-state index >= 15 is 0 Å². The van der Waals surface area contributed by atoms with Crippen LogP contribution in [-0.2, 0) is 7.05 Å². The molecule has 0 aromatic carbocycles. The van der Waals surface area contributed by atoms with Gasteiger partial charge in [-0.1, -0.05) is 0 Å². The molecule has 94 valence electrons. The quantitative estimate of drug-likeness (QED) is 0.855. The minimum atomic E-state index is -0.151. The molecule has 0 unspecified atom stereocenters. The molecule has 1 heterocycles. The first kappa shape index (κ1) is 12.6. The Balaban J connectivity index is 2.05. The van der Waals surface area contributed by atoms with Crippen molar-refractivity contribution in [3.05, 3.63) is 21.0 Å². The largest absolute Gasteiger partial charge is 0.396 e. The SMILES string of the molecule is Cn1ncc(NCC2(CCO)CC2)c(Br)c1=O. The number of rotatable bonds is 5. The highest BCUT2D eigenvalue weighted by molar-refractivity contribution is 9.10. The summed E-state index contributed by atoms with van der Waals surface area (Å²) in [5, 5.41) is 16.2. The van der Waals surface area contributed by atoms with Gasteiger partial charge in [-0.2, -0.15) is 5.10 Å². The molecule has 5 nitrogen and oxygen atoms in total. The third-order valence-corrected chi connectivity index (χ3v) is 4.10. The van der Waals surface area contributed by atoms with E-state index in [4.69, 9.17) is 5.11 Å². The Morgan fingerprint density at radius 1 is 1.65 bits per heavy atom. The van der Waals surface area contributed by atoms with Crippen LogP contribution >= 0.6 is 15.9 Å². The molecule has 0 spiro atoms. The van der Waals surface area contributed by atoms with Gasteiger partial charge in [-0.05, 0) is 40.6 Å². The summed E-state index contributed by atoms with van der Waals surface area (Å²) in [7, 11) is 1.62. The molecule has 1 aliphatic rings. The van der Waals surface area contributed by atoms with Crippen molar-refractivity contribution in [1.29, 1.82) is 0 Å². The van der Waals surface area contributed by atoms with Gasteiger partial charge >= 0.3 is 0 Å². The maximum absolute atomic E-state index is 11.6. The van der Waals surface area contributed by atoms with Crippen LogP contribution in [0, 0.1) is 5.41 Å². The summed E-state index contributed by atoms with van der Waals surface area (Å²) >= 11 is 3.27. The predicted molar refractivity (Wildman–Crippen MR) is 69.0 cm³/mol. The summed E-state index contributed by atoms with van der Waals surface area (Å²) < 4.78 is 1.80. The van der Waals surface area contributed by atoms with E-state index in [1.54, 1.807) is 13.2 Å². The average molecular weight is 302 g/mol. The van der Waals surface area contributed by atoms with Crippen LogP contribution in [0.25, 0.3) is 0 Å². The Labute approximate surface area is 108 Å². The van der Waals surface area contributed by atoms with Gasteiger partial charge in [0.2, 0.25) is 0 Å². The molecule has 0 radical (unpaired) electrons. The van der Waals surface area contributed by atoms with Crippen molar-refractivity contribution in [2.45, 2.75) is 19.3 Å². The maximum atomic E-state index is 11.6. The van der Waals surface area contributed by atoms with E-state index in [9.17, 15) is 4.79 Å². The van der Waals surface area contributed by atoms with Gasteiger partial charge in [0.1, 0.15) is 4.47 Å². The van der Waals surface area contributed by atoms with Crippen LogP contribution in [0.3, 0.4) is 0 Å². The minimum absolute atomic E-state index is 0.151. The molecular weight excluding hydrogens is 286 g/mol. The Hall–Kier alpha value is -0.880. The number of aliphatic hydroxyl groups excluding tert-OH is 1. The topological polar surface area (TPSA) is 67.2 Å². The van der Waals surface area contributed by atoms with Gasteiger partial charge in [0.25, 0.3) is 5.56 Å². The predicted octanol–water partition coefficient (Wildman–Crippen LogP) is 1.12. The molecule has 2 rings (SSSR count). The molecule has 2 N–H and O–H groups in total. The van der Waals surface area contributed by atoms with Crippen molar-refractivity contribution in [3.63, 3.8) is 0 Å². The van der Waals surface area contributed by atoms with E-state index in [0.29, 0.717) is 4.47 Å². The number of hydrogen-bond acceptors (Lipinski definition) is 4. The molecule has 1 aromatic heterocycles. The van der Waals surface area contributed by atoms with Crippen molar-refractivity contribution in [2.75, 3.05) is 18.5 Å². The standard InChI is InChI=1S/C11H16BrN3O2/c1-15-10(17)9(12)8(6-14-15)13-7-11(2-3-11)4-5-16/h6,13,16H,2-5,7H2,1H3. The molecule has 1 aliphatic carbocycles. The fraction of sp³-hybridized carbons (Fsp3) is 0.636. The first-order chi connectivity index (χ1) is 8.08. The second kappa shape index (κ2) is 4.78. The molecule has 0 amide bonds. The molecule has 17 heavy (non-hydrogen) atoms. The second-order valence-electron chi connectivity index (χ2n) is 4.63. The number of anilines is 1. The zero-order valence-corrected chi connectivity index (χ0v) is 11.3. The minimum Gasteiger partial charge on any atom is -0.396 e. The Bertz CT molecular complexity index is 468. The fourth-order valence-corrected chi connectivity index (χ4v) is 2.34. The normalized spacial score (nSPS) is 16.9. The van der Waals surface area contributed by atoms with E-state index in [1.807, 2.05) is 0 Å². The van der Waals surface area contributed by atoms with Gasteiger partial charge in [0, 0.05) is 20.2 Å². The monoisotopic (exact) mass is 301 g/mol. The van der Waals surface area contributed by atoms with Crippen LogP contribution in [-0.4, -0.2) is 28.0 Å². The van der Waals surface area contributed by atoms with Crippen molar-refractivity contribution in [1.82, 2.24) is 9.78 Å². The summed E-state index contributed by atoms with van der Waals surface area (Å²) in [6.07, 6.45) is 4.73. The third kappa shape index (κ3) is 2.69. The highest BCUT2D eigenvalue weighted by Gasteiger charge is 2.41. The number of aryl methyl sites for hydroxylation is 1. The Kier molecular flexibility index (Phi) is 3.53. The lowest BCUT2D eigenvalue weighted by molar-refractivity contribution is 0.253. The summed E-state index contributed by atoms with van der Waals surface area (Å²) in [4.78, 5) is 11.6. The number of hydrogen-bond donors (Lipinski definition) is 2. The highest BCUT2D eigenvalue weighted by atomic mass is 79.9. The lowest BCUT2D eigenvalue weighted by Crippen LogP contribution is -2.23. The zero-order chi connectivity index (χ0) is 12.5. The van der Waals surface area contributed by atoms with Crippen LogP contribution in [0.15, 0.2) is 15.5 Å². The van der Waals surface area contributed by atoms with Gasteiger partial charge in [-0.15, -0.1) is 0 Å². The van der Waals surface area contributed by atoms with Crippen molar-refractivity contribution in [3.8, 4) is 0 Å². The highest BCUT2D eigenvalue weighted by Crippen LogP contribution is 2.48. The number of nitrogens with zero attached hydrogens (tertiary/aromatic N) is 2. The molecule has 1 aromatic rings. The van der Waals surface area contributed by atoms with Gasteiger partial charge in [0.05, 0.1) is 11.9 Å². The number of halogens is 1. The summed E-state index contributed by atoms with van der Waals surface area (Å²) in [6.45, 7) is 0.999. The van der Waals surface area contributed by atoms with Crippen molar-refractivity contribution < 1.29 is 5.11 Å². The second-order valence-corrected chi connectivity index (χ2v) is 5.42. The van der Waals surface area contributed by atoms with E-state index in [1.165, 1.54) is 4.68 Å². The molecule has 1 saturated carbocycles. The van der Waals surface area contributed by atoms with Gasteiger partial charge in [-0.3, -0.25) is 4.79 Å². The lowest BCUT2D eigenvalue weighted by Gasteiger charge is -2.16. The Morgan fingerprint density at radius 3 is 2.94 bits per heavy atom. The zero-order valence-electron chi connectivity index (χ0n) is 9.74. The Morgan fingerprint density at radius 2 is 2.35 bits per heavy atom. The number of aliphatic hydroxyl groups is 1. The summed E-state index contributed by atoms with van der Waals surface area (Å²) in [5.74, 6) is 0. The van der Waals surface area contributed by atoms with Gasteiger partial charge < -0.3 is 10.4 Å². The van der Waals surface area contributed by atoms with Gasteiger partial charge in [0.15, 0.2) is 0 Å². The molecular formula is C11H16BrN3O2. The van der Waals surface area contributed by atoms with Crippen LogP contribution in [0.4, 0.5) is 5.69 Å². The van der Waals surface area contributed by atoms with Crippen molar-refractivity contribution >= 4 is 21.6 Å². The maximum Gasteiger partial charge on any atom is 0.282 e. The van der Waals surface area contributed by atoms with Crippen LogP contribution < -0.4 is 10.9 Å². The number of nitrogens with one attached hydrogen (secondary N) is 1. The summed E-state index contributed by atoms with van der Waals surface area (Å²) in [6, 6.07) is 0. The van der Waals surface area contributed by atoms with Crippen molar-refractivity contribution in [2.24, 2.45) is 12.5 Å². The fourth-order valence-electron chi connectivity index (χ4n) is 1.85. The smallest absolute Gasteiger partial charge is 0.282 e. The van der Waals surface area contributed by atoms with E-state index in [0.717, 1.165) is 31.5 Å². The van der Waals surface area contributed by atoms with Crippen LogP contribution in [0.2, 0.25) is 0 Å². The summed E-state index contributed by atoms with van der Waals surface area (Å²) in [5.41, 5.74) is 0.786. The molecule has 0 atom stereocenters. The van der Waals surface area contributed by atoms with E-state index in [-0.39, 0.29) is 17.6 Å². The molecule has 0 saturated heterocycles. The van der Waals surface area contributed by atoms with Gasteiger partial charge in [-0.25, -0.2) is 4.68 Å². The molecule has 1 fully saturated rings. The first-order valence-corrected chi connectivity index (χ1v) is 6.44. The molecule has 0 bridgehead atoms. The number of aromatic nitrogens is 2. The average Bonchev–Trinajstić information content (AvgIpc) is 3.06. The van der Waals surface area contributed by atoms with Crippen LogP contribution in [0.5, 0.6) is 0 Å². The third-order valence-electron chi connectivity index (χ3n) is 3.33. The molecule has 6 heteroatoms. The molecule has 0 aliphatic heterocycles. The lowest BCUT2D eigenvalue weighted by atomic mass is 10.0.